The number of hydrogen-bond donors (Lipinski definition) is 0. The summed E-state index contributed by atoms with van der Waals surface area (Å²) < 4.78 is 64.6. The molecule has 0 N–H and O–H groups in total. The maximum atomic E-state index is 12.3. The van der Waals surface area contributed by atoms with Gasteiger partial charge in [-0.1, -0.05) is 35.4 Å². The van der Waals surface area contributed by atoms with E-state index in [0.717, 1.165) is 6.07 Å². The summed E-state index contributed by atoms with van der Waals surface area (Å²) in [5.41, 5.74) is -0.345. The molecule has 1 aromatic carbocycles. The Morgan fingerprint density at radius 2 is 1.60 bits per heavy atom. The quantitative estimate of drug-likeness (QED) is 0.656. The van der Waals surface area contributed by atoms with Crippen molar-refractivity contribution in [3.63, 3.8) is 0 Å². The van der Waals surface area contributed by atoms with Gasteiger partial charge in [-0.15, -0.1) is 0 Å². The van der Waals surface area contributed by atoms with Crippen molar-refractivity contribution in [3.8, 4) is 0 Å². The molecule has 0 bridgehead atoms. The lowest BCUT2D eigenvalue weighted by Crippen LogP contribution is -2.05. The lowest BCUT2D eigenvalue weighted by Gasteiger charge is -2.40. The molecular formula is C6H3BrF5NS2. The van der Waals surface area contributed by atoms with Crippen LogP contribution in [0, 0.1) is 0 Å². The first-order chi connectivity index (χ1) is 6.42. The summed E-state index contributed by atoms with van der Waals surface area (Å²) in [5, 5.41) is 0. The van der Waals surface area contributed by atoms with Gasteiger partial charge in [-0.25, -0.2) is 0 Å². The minimum atomic E-state index is -9.65. The fourth-order valence-corrected chi connectivity index (χ4v) is 2.25. The minimum Gasteiger partial charge on any atom is -0.182 e. The molecule has 0 saturated carbocycles. The highest BCUT2D eigenvalue weighted by atomic mass is 79.9. The second-order valence-electron chi connectivity index (χ2n) is 2.71. The Labute approximate surface area is 95.7 Å². The Hall–Kier alpha value is -0.280. The molecular weight excluding hydrogens is 325 g/mol. The summed E-state index contributed by atoms with van der Waals surface area (Å²) in [6, 6.07) is 1.63. The van der Waals surface area contributed by atoms with Gasteiger partial charge < -0.3 is 0 Å². The Morgan fingerprint density at radius 1 is 1.07 bits per heavy atom. The normalized spacial score (nSPS) is 16.7. The van der Waals surface area contributed by atoms with Crippen LogP contribution in [-0.2, 0) is 12.4 Å². The third kappa shape index (κ3) is 3.35. The van der Waals surface area contributed by atoms with Gasteiger partial charge in [0.05, 0.1) is 5.69 Å². The first-order valence-electron chi connectivity index (χ1n) is 3.30. The van der Waals surface area contributed by atoms with E-state index in [9.17, 15) is 19.4 Å². The molecule has 1 rings (SSSR count). The van der Waals surface area contributed by atoms with Crippen molar-refractivity contribution in [3.05, 3.63) is 22.7 Å². The van der Waals surface area contributed by atoms with Gasteiger partial charge in [0.2, 0.25) is 0 Å². The number of hydrogen-bond acceptors (Lipinski definition) is 2. The molecule has 9 heteroatoms. The predicted molar refractivity (Wildman–Crippen MR) is 55.0 cm³/mol. The SMILES string of the molecule is FS(F)(F)(F)(F)c1cc(Br)cc(N=S)c1. The van der Waals surface area contributed by atoms with E-state index >= 15 is 0 Å². The molecule has 0 amide bonds. The average molecular weight is 328 g/mol. The lowest BCUT2D eigenvalue weighted by molar-refractivity contribution is 0.364. The topological polar surface area (TPSA) is 12.4 Å². The maximum Gasteiger partial charge on any atom is 0.310 e. The third-order valence-corrected chi connectivity index (χ3v) is 3.20. The zero-order valence-corrected chi connectivity index (χ0v) is 9.98. The minimum absolute atomic E-state index is 0.156. The lowest BCUT2D eigenvalue weighted by atomic mass is 10.3. The molecule has 0 aromatic heterocycles. The van der Waals surface area contributed by atoms with Crippen molar-refractivity contribution < 1.29 is 19.4 Å². The summed E-state index contributed by atoms with van der Waals surface area (Å²) in [4.78, 5) is -2.01. The van der Waals surface area contributed by atoms with E-state index in [4.69, 9.17) is 0 Å². The van der Waals surface area contributed by atoms with Crippen LogP contribution in [0.25, 0.3) is 0 Å². The van der Waals surface area contributed by atoms with Gasteiger partial charge >= 0.3 is 10.2 Å². The first kappa shape index (κ1) is 12.8. The number of benzene rings is 1. The molecule has 1 nitrogen and oxygen atoms in total. The molecule has 0 aliphatic rings. The molecule has 0 aliphatic heterocycles. The second kappa shape index (κ2) is 2.89. The fourth-order valence-electron chi connectivity index (χ4n) is 0.823. The van der Waals surface area contributed by atoms with Crippen molar-refractivity contribution in [2.24, 2.45) is 4.36 Å². The number of nitrogens with zero attached hydrogens (tertiary/aromatic N) is 1. The molecule has 0 radical (unpaired) electrons. The van der Waals surface area contributed by atoms with Gasteiger partial charge in [-0.3, -0.25) is 0 Å². The Morgan fingerprint density at radius 3 is 2.00 bits per heavy atom. The second-order valence-corrected chi connectivity index (χ2v) is 6.21. The van der Waals surface area contributed by atoms with Gasteiger partial charge in [-0.05, 0) is 18.2 Å². The maximum absolute atomic E-state index is 12.3. The van der Waals surface area contributed by atoms with E-state index in [-0.39, 0.29) is 16.2 Å². The largest absolute Gasteiger partial charge is 0.310 e. The van der Waals surface area contributed by atoms with E-state index in [2.05, 4.69) is 32.7 Å². The van der Waals surface area contributed by atoms with Gasteiger partial charge in [-0.2, -0.15) is 4.36 Å². The van der Waals surface area contributed by atoms with E-state index in [0.29, 0.717) is 6.07 Å². The Bertz CT molecular complexity index is 428. The molecule has 0 unspecified atom stereocenters. The number of rotatable bonds is 2. The number of halogens is 6. The van der Waals surface area contributed by atoms with Crippen molar-refractivity contribution in [1.82, 2.24) is 0 Å². The fraction of sp³-hybridized carbons (Fsp3) is 0. The third-order valence-electron chi connectivity index (χ3n) is 1.41. The highest BCUT2D eigenvalue weighted by molar-refractivity contribution is 9.10. The van der Waals surface area contributed by atoms with Crippen LogP contribution in [0.4, 0.5) is 25.1 Å². The van der Waals surface area contributed by atoms with E-state index in [1.165, 1.54) is 0 Å². The Balaban J connectivity index is 3.54. The average Bonchev–Trinajstić information content (AvgIpc) is 1.99. The van der Waals surface area contributed by atoms with E-state index in [1.807, 2.05) is 0 Å². The standard InChI is InChI=1S/C6H3BrF5NS2/c7-4-1-5(13-14)3-6(2-4)15(8,9,10,11)12/h1-3H. The summed E-state index contributed by atoms with van der Waals surface area (Å²) >= 11 is 6.81. The molecule has 0 atom stereocenters. The highest BCUT2D eigenvalue weighted by Crippen LogP contribution is 3.02. The van der Waals surface area contributed by atoms with Crippen molar-refractivity contribution in [1.29, 1.82) is 0 Å². The van der Waals surface area contributed by atoms with Gasteiger partial charge in [0.1, 0.15) is 4.90 Å². The monoisotopic (exact) mass is 327 g/mol. The molecule has 0 spiro atoms. The predicted octanol–water partition coefficient (Wildman–Crippen LogP) is 5.47. The van der Waals surface area contributed by atoms with Crippen LogP contribution < -0.4 is 0 Å². The van der Waals surface area contributed by atoms with Gasteiger partial charge in [0.25, 0.3) is 0 Å². The molecule has 0 saturated heterocycles. The summed E-state index contributed by atoms with van der Waals surface area (Å²) in [6.07, 6.45) is 0. The summed E-state index contributed by atoms with van der Waals surface area (Å²) in [7, 11) is -9.65. The van der Waals surface area contributed by atoms with Gasteiger partial charge in [0.15, 0.2) is 0 Å². The highest BCUT2D eigenvalue weighted by Gasteiger charge is 2.65. The smallest absolute Gasteiger partial charge is 0.182 e. The van der Waals surface area contributed by atoms with Crippen LogP contribution in [0.15, 0.2) is 31.9 Å². The molecule has 0 fully saturated rings. The Kier molecular flexibility index (Phi) is 2.46. The van der Waals surface area contributed by atoms with Crippen LogP contribution in [0.3, 0.4) is 0 Å². The van der Waals surface area contributed by atoms with Crippen LogP contribution in [0.2, 0.25) is 0 Å². The summed E-state index contributed by atoms with van der Waals surface area (Å²) in [5.74, 6) is 0. The first-order valence-corrected chi connectivity index (χ1v) is 6.41. The molecule has 15 heavy (non-hydrogen) atoms. The molecule has 86 valence electrons. The van der Waals surface area contributed by atoms with Crippen LogP contribution >= 0.6 is 26.2 Å². The van der Waals surface area contributed by atoms with E-state index in [1.54, 1.807) is 0 Å². The summed E-state index contributed by atoms with van der Waals surface area (Å²) in [6.45, 7) is 0. The molecule has 1 aromatic rings. The zero-order valence-electron chi connectivity index (χ0n) is 6.76. The van der Waals surface area contributed by atoms with Gasteiger partial charge in [0, 0.05) is 16.9 Å². The van der Waals surface area contributed by atoms with Crippen molar-refractivity contribution in [2.75, 3.05) is 0 Å². The van der Waals surface area contributed by atoms with Crippen LogP contribution in [0.5, 0.6) is 0 Å². The molecule has 0 aliphatic carbocycles. The van der Waals surface area contributed by atoms with Crippen LogP contribution in [-0.4, -0.2) is 0 Å². The van der Waals surface area contributed by atoms with E-state index < -0.39 is 15.1 Å². The van der Waals surface area contributed by atoms with Crippen molar-refractivity contribution >= 4 is 44.3 Å². The zero-order chi connectivity index (χ0) is 12.0. The van der Waals surface area contributed by atoms with Crippen LogP contribution in [0.1, 0.15) is 0 Å². The van der Waals surface area contributed by atoms with Crippen molar-refractivity contribution in [2.45, 2.75) is 4.90 Å². The molecule has 0 heterocycles.